The van der Waals surface area contributed by atoms with Gasteiger partial charge in [-0.05, 0) is 30.6 Å². The number of guanidine groups is 1. The number of rotatable bonds is 6. The van der Waals surface area contributed by atoms with E-state index in [1.807, 2.05) is 0 Å². The summed E-state index contributed by atoms with van der Waals surface area (Å²) >= 11 is 0. The van der Waals surface area contributed by atoms with Gasteiger partial charge in [0.15, 0.2) is 5.96 Å². The smallest absolute Gasteiger partial charge is 0.310 e. The fourth-order valence-electron chi connectivity index (χ4n) is 3.37. The summed E-state index contributed by atoms with van der Waals surface area (Å²) in [4.78, 5) is 20.7. The van der Waals surface area contributed by atoms with E-state index in [1.54, 1.807) is 7.05 Å². The number of hydrogen-bond donors (Lipinski definition) is 1. The molecule has 1 aromatic rings. The number of esters is 1. The lowest BCUT2D eigenvalue weighted by Gasteiger charge is -2.22. The van der Waals surface area contributed by atoms with E-state index in [0.29, 0.717) is 13.1 Å². The van der Waals surface area contributed by atoms with Crippen molar-refractivity contribution in [3.05, 3.63) is 35.4 Å². The monoisotopic (exact) mass is 360 g/mol. The van der Waals surface area contributed by atoms with E-state index in [2.05, 4.69) is 65.3 Å². The fraction of sp³-hybridized carbons (Fsp3) is 0.600. The second kappa shape index (κ2) is 9.57. The molecule has 0 saturated carbocycles. The Morgan fingerprint density at radius 2 is 2.12 bits per heavy atom. The maximum atomic E-state index is 11.9. The molecule has 1 fully saturated rings. The molecule has 1 aliphatic rings. The lowest BCUT2D eigenvalue weighted by Crippen LogP contribution is -2.40. The summed E-state index contributed by atoms with van der Waals surface area (Å²) in [5.74, 6) is 0.864. The Labute approximate surface area is 157 Å². The molecular weight excluding hydrogens is 328 g/mol. The number of nitrogens with zero attached hydrogens (tertiary/aromatic N) is 3. The molecule has 1 aliphatic heterocycles. The van der Waals surface area contributed by atoms with Crippen molar-refractivity contribution in [2.24, 2.45) is 16.8 Å². The maximum absolute atomic E-state index is 11.9. The second-order valence-corrected chi connectivity index (χ2v) is 7.06. The Bertz CT molecular complexity index is 632. The van der Waals surface area contributed by atoms with Crippen LogP contribution in [0.2, 0.25) is 0 Å². The zero-order valence-corrected chi connectivity index (χ0v) is 16.7. The first kappa shape index (κ1) is 20.2. The van der Waals surface area contributed by atoms with Crippen molar-refractivity contribution in [1.82, 2.24) is 15.1 Å². The van der Waals surface area contributed by atoms with Crippen LogP contribution in [0.5, 0.6) is 0 Å². The van der Waals surface area contributed by atoms with Crippen LogP contribution in [-0.2, 0) is 22.6 Å². The van der Waals surface area contributed by atoms with Crippen molar-refractivity contribution in [3.8, 4) is 0 Å². The third-order valence-electron chi connectivity index (χ3n) is 5.06. The third-order valence-corrected chi connectivity index (χ3v) is 5.06. The minimum absolute atomic E-state index is 0.0912. The highest BCUT2D eigenvalue weighted by Crippen LogP contribution is 2.24. The van der Waals surface area contributed by atoms with Gasteiger partial charge in [0.2, 0.25) is 0 Å². The number of likely N-dealkylation sites (tertiary alicyclic amines) is 1. The maximum Gasteiger partial charge on any atom is 0.310 e. The molecule has 0 bridgehead atoms. The highest BCUT2D eigenvalue weighted by molar-refractivity contribution is 5.82. The number of carbonyl (C=O) groups is 1. The van der Waals surface area contributed by atoms with Crippen LogP contribution in [0, 0.1) is 11.8 Å². The minimum Gasteiger partial charge on any atom is -0.469 e. The number of carbonyl (C=O) groups excluding carboxylic acids is 1. The molecule has 0 aromatic heterocycles. The average Bonchev–Trinajstić information content (AvgIpc) is 3.03. The first-order chi connectivity index (χ1) is 12.5. The molecule has 1 N–H and O–H groups in total. The van der Waals surface area contributed by atoms with Gasteiger partial charge >= 0.3 is 5.97 Å². The Kier molecular flexibility index (Phi) is 7.45. The number of methoxy groups -OCH3 is 1. The molecule has 1 aromatic carbocycles. The lowest BCUT2D eigenvalue weighted by atomic mass is 9.99. The van der Waals surface area contributed by atoms with Crippen molar-refractivity contribution in [2.75, 3.05) is 40.8 Å². The van der Waals surface area contributed by atoms with Gasteiger partial charge < -0.3 is 19.9 Å². The van der Waals surface area contributed by atoms with E-state index >= 15 is 0 Å². The molecule has 2 rings (SSSR count). The summed E-state index contributed by atoms with van der Waals surface area (Å²) < 4.78 is 4.92. The van der Waals surface area contributed by atoms with Gasteiger partial charge in [0.25, 0.3) is 0 Å². The molecule has 2 unspecified atom stereocenters. The summed E-state index contributed by atoms with van der Waals surface area (Å²) in [6.45, 7) is 8.39. The Morgan fingerprint density at radius 1 is 1.38 bits per heavy atom. The van der Waals surface area contributed by atoms with Crippen LogP contribution < -0.4 is 5.32 Å². The topological polar surface area (TPSA) is 57.2 Å². The predicted octanol–water partition coefficient (Wildman–Crippen LogP) is 1.95. The van der Waals surface area contributed by atoms with Crippen LogP contribution in [0.3, 0.4) is 0 Å². The molecule has 144 valence electrons. The van der Waals surface area contributed by atoms with Crippen LogP contribution >= 0.6 is 0 Å². The van der Waals surface area contributed by atoms with E-state index in [1.165, 1.54) is 18.2 Å². The lowest BCUT2D eigenvalue weighted by molar-refractivity contribution is -0.145. The van der Waals surface area contributed by atoms with E-state index in [-0.39, 0.29) is 17.8 Å². The Balaban J connectivity index is 1.95. The van der Waals surface area contributed by atoms with Gasteiger partial charge in [-0.25, -0.2) is 0 Å². The standard InChI is InChI=1S/C20H32N4O2/c1-6-23(4)13-17-9-7-8-16(10-17)11-22-20(21-3)24-12-15(2)18(14-24)19(25)26-5/h7-10,15,18H,6,11-14H2,1-5H3,(H,21,22). The fourth-order valence-corrected chi connectivity index (χ4v) is 3.37. The summed E-state index contributed by atoms with van der Waals surface area (Å²) in [5.41, 5.74) is 2.54. The first-order valence-corrected chi connectivity index (χ1v) is 9.28. The molecule has 0 amide bonds. The van der Waals surface area contributed by atoms with Gasteiger partial charge in [-0.2, -0.15) is 0 Å². The summed E-state index contributed by atoms with van der Waals surface area (Å²) in [6, 6.07) is 8.62. The summed E-state index contributed by atoms with van der Waals surface area (Å²) in [6.07, 6.45) is 0. The van der Waals surface area contributed by atoms with Gasteiger partial charge in [0, 0.05) is 33.2 Å². The van der Waals surface area contributed by atoms with E-state index < -0.39 is 0 Å². The van der Waals surface area contributed by atoms with Crippen molar-refractivity contribution in [2.45, 2.75) is 26.9 Å². The van der Waals surface area contributed by atoms with Crippen LogP contribution in [0.15, 0.2) is 29.3 Å². The Hall–Kier alpha value is -2.08. The van der Waals surface area contributed by atoms with Gasteiger partial charge in [-0.1, -0.05) is 38.1 Å². The molecule has 0 spiro atoms. The van der Waals surface area contributed by atoms with E-state index in [4.69, 9.17) is 4.74 Å². The van der Waals surface area contributed by atoms with E-state index in [0.717, 1.165) is 25.6 Å². The second-order valence-electron chi connectivity index (χ2n) is 7.06. The summed E-state index contributed by atoms with van der Waals surface area (Å²) in [7, 11) is 5.36. The predicted molar refractivity (Wildman–Crippen MR) is 105 cm³/mol. The van der Waals surface area contributed by atoms with Crippen molar-refractivity contribution < 1.29 is 9.53 Å². The van der Waals surface area contributed by atoms with Crippen LogP contribution in [0.4, 0.5) is 0 Å². The zero-order chi connectivity index (χ0) is 19.1. The number of aliphatic imine (C=N–C) groups is 1. The number of ether oxygens (including phenoxy) is 1. The SMILES string of the molecule is CCN(C)Cc1cccc(CNC(=NC)N2CC(C)C(C(=O)OC)C2)c1. The molecule has 1 saturated heterocycles. The van der Waals surface area contributed by atoms with Crippen molar-refractivity contribution in [1.29, 1.82) is 0 Å². The average molecular weight is 361 g/mol. The normalized spacial score (nSPS) is 20.5. The number of nitrogens with one attached hydrogen (secondary N) is 1. The van der Waals surface area contributed by atoms with Crippen molar-refractivity contribution in [3.63, 3.8) is 0 Å². The Morgan fingerprint density at radius 3 is 2.77 bits per heavy atom. The molecule has 2 atom stereocenters. The van der Waals surface area contributed by atoms with Gasteiger partial charge in [-0.15, -0.1) is 0 Å². The van der Waals surface area contributed by atoms with Crippen molar-refractivity contribution >= 4 is 11.9 Å². The third kappa shape index (κ3) is 5.21. The summed E-state index contributed by atoms with van der Waals surface area (Å²) in [5, 5.41) is 3.43. The molecular formula is C20H32N4O2. The first-order valence-electron chi connectivity index (χ1n) is 9.28. The van der Waals surface area contributed by atoms with Gasteiger partial charge in [-0.3, -0.25) is 9.79 Å². The largest absolute Gasteiger partial charge is 0.469 e. The molecule has 6 nitrogen and oxygen atoms in total. The van der Waals surface area contributed by atoms with Gasteiger partial charge in [0.1, 0.15) is 0 Å². The quantitative estimate of drug-likeness (QED) is 0.477. The molecule has 1 heterocycles. The highest BCUT2D eigenvalue weighted by atomic mass is 16.5. The number of hydrogen-bond acceptors (Lipinski definition) is 4. The molecule has 0 aliphatic carbocycles. The molecule has 26 heavy (non-hydrogen) atoms. The molecule has 0 radical (unpaired) electrons. The van der Waals surface area contributed by atoms with Crippen LogP contribution in [0.25, 0.3) is 0 Å². The van der Waals surface area contributed by atoms with Crippen LogP contribution in [0.1, 0.15) is 25.0 Å². The zero-order valence-electron chi connectivity index (χ0n) is 16.7. The molecule has 6 heteroatoms. The number of benzene rings is 1. The van der Waals surface area contributed by atoms with Crippen LogP contribution in [-0.4, -0.2) is 62.6 Å². The van der Waals surface area contributed by atoms with E-state index in [9.17, 15) is 4.79 Å². The minimum atomic E-state index is -0.136. The van der Waals surface area contributed by atoms with Gasteiger partial charge in [0.05, 0.1) is 13.0 Å². The highest BCUT2D eigenvalue weighted by Gasteiger charge is 2.36.